The molecule has 3 aromatic carbocycles. The number of rotatable bonds is 5. The van der Waals surface area contributed by atoms with E-state index in [2.05, 4.69) is 21.2 Å². The Balaban J connectivity index is 1.76. The summed E-state index contributed by atoms with van der Waals surface area (Å²) in [5.41, 5.74) is 0.738. The lowest BCUT2D eigenvalue weighted by Gasteiger charge is -2.09. The summed E-state index contributed by atoms with van der Waals surface area (Å²) in [4.78, 5) is 14.3. The highest BCUT2D eigenvalue weighted by atomic mass is 79.9. The van der Waals surface area contributed by atoms with E-state index >= 15 is 0 Å². The molecule has 0 fully saturated rings. The highest BCUT2D eigenvalue weighted by Gasteiger charge is 2.16. The first-order valence-electron chi connectivity index (χ1n) is 7.90. The lowest BCUT2D eigenvalue weighted by atomic mass is 10.2. The van der Waals surface area contributed by atoms with Crippen molar-refractivity contribution in [1.29, 1.82) is 0 Å². The second kappa shape index (κ2) is 8.67. The first-order chi connectivity index (χ1) is 13.2. The Kier molecular flexibility index (Phi) is 6.47. The number of carbonyl (C=O) groups excluding carboxylic acids is 1. The molecule has 0 spiro atoms. The Morgan fingerprint density at radius 3 is 2.36 bits per heavy atom. The van der Waals surface area contributed by atoms with Gasteiger partial charge in [-0.25, -0.2) is 13.6 Å². The van der Waals surface area contributed by atoms with Crippen LogP contribution < -0.4 is 10.5 Å². The Hall–Kier alpha value is -1.84. The van der Waals surface area contributed by atoms with Gasteiger partial charge in [0.1, 0.15) is 0 Å². The molecule has 0 saturated carbocycles. The van der Waals surface area contributed by atoms with Crippen LogP contribution in [0.25, 0.3) is 0 Å². The SMILES string of the molecule is NS(=O)(=O)c1ccc(Br)c(C(=O)Nc2ccc(Sc3ccccc3Cl)cc2)c1. The molecule has 3 N–H and O–H groups in total. The van der Waals surface area contributed by atoms with Gasteiger partial charge in [-0.2, -0.15) is 0 Å². The van der Waals surface area contributed by atoms with E-state index in [1.54, 1.807) is 12.1 Å². The fourth-order valence-electron chi connectivity index (χ4n) is 2.31. The van der Waals surface area contributed by atoms with Crippen LogP contribution in [0, 0.1) is 0 Å². The second-order valence-corrected chi connectivity index (χ2v) is 9.64. The highest BCUT2D eigenvalue weighted by molar-refractivity contribution is 9.10. The Labute approximate surface area is 180 Å². The zero-order valence-electron chi connectivity index (χ0n) is 14.2. The van der Waals surface area contributed by atoms with Crippen LogP contribution in [0.4, 0.5) is 5.69 Å². The summed E-state index contributed by atoms with van der Waals surface area (Å²) < 4.78 is 23.5. The van der Waals surface area contributed by atoms with Gasteiger partial charge in [-0.3, -0.25) is 4.79 Å². The maximum Gasteiger partial charge on any atom is 0.256 e. The fourth-order valence-corrected chi connectivity index (χ4v) is 4.37. The van der Waals surface area contributed by atoms with E-state index in [0.717, 1.165) is 9.79 Å². The van der Waals surface area contributed by atoms with Crippen molar-refractivity contribution in [1.82, 2.24) is 0 Å². The standard InChI is InChI=1S/C19H14BrClN2O3S2/c20-16-10-9-14(28(22,25)26)11-15(16)19(24)23-12-5-7-13(8-6-12)27-18-4-2-1-3-17(18)21/h1-11H,(H,23,24)(H2,22,25,26). The summed E-state index contributed by atoms with van der Waals surface area (Å²) in [6.07, 6.45) is 0. The maximum atomic E-state index is 12.5. The third-order valence-electron chi connectivity index (χ3n) is 3.69. The minimum Gasteiger partial charge on any atom is -0.322 e. The van der Waals surface area contributed by atoms with Crippen molar-refractivity contribution in [3.8, 4) is 0 Å². The van der Waals surface area contributed by atoms with Crippen molar-refractivity contribution in [2.24, 2.45) is 5.14 Å². The lowest BCUT2D eigenvalue weighted by molar-refractivity contribution is 0.102. The van der Waals surface area contributed by atoms with Crippen molar-refractivity contribution in [3.05, 3.63) is 81.8 Å². The predicted molar refractivity (Wildman–Crippen MR) is 115 cm³/mol. The van der Waals surface area contributed by atoms with Gasteiger partial charge in [0, 0.05) is 20.0 Å². The molecule has 0 aromatic heterocycles. The first kappa shape index (κ1) is 20.9. The van der Waals surface area contributed by atoms with Crippen LogP contribution in [-0.4, -0.2) is 14.3 Å². The molecule has 5 nitrogen and oxygen atoms in total. The van der Waals surface area contributed by atoms with Crippen LogP contribution in [0.2, 0.25) is 5.02 Å². The monoisotopic (exact) mass is 496 g/mol. The third kappa shape index (κ3) is 5.15. The summed E-state index contributed by atoms with van der Waals surface area (Å²) in [7, 11) is -3.90. The van der Waals surface area contributed by atoms with Crippen molar-refractivity contribution < 1.29 is 13.2 Å². The van der Waals surface area contributed by atoms with Crippen molar-refractivity contribution in [2.45, 2.75) is 14.7 Å². The van der Waals surface area contributed by atoms with E-state index in [1.165, 1.54) is 30.0 Å². The minimum absolute atomic E-state index is 0.132. The van der Waals surface area contributed by atoms with Gasteiger partial charge in [0.2, 0.25) is 10.0 Å². The van der Waals surface area contributed by atoms with Gasteiger partial charge in [-0.05, 0) is 70.5 Å². The molecule has 0 aliphatic carbocycles. The molecular weight excluding hydrogens is 484 g/mol. The number of hydrogen-bond acceptors (Lipinski definition) is 4. The Bertz CT molecular complexity index is 1140. The van der Waals surface area contributed by atoms with E-state index in [9.17, 15) is 13.2 Å². The summed E-state index contributed by atoms with van der Waals surface area (Å²) in [5.74, 6) is -0.455. The average Bonchev–Trinajstić information content (AvgIpc) is 2.64. The number of nitrogens with one attached hydrogen (secondary N) is 1. The molecular formula is C19H14BrClN2O3S2. The summed E-state index contributed by atoms with van der Waals surface area (Å²) in [6.45, 7) is 0. The van der Waals surface area contributed by atoms with Gasteiger partial charge in [-0.1, -0.05) is 35.5 Å². The zero-order chi connectivity index (χ0) is 20.3. The molecule has 0 aliphatic rings. The number of hydrogen-bond donors (Lipinski definition) is 2. The molecule has 144 valence electrons. The molecule has 28 heavy (non-hydrogen) atoms. The van der Waals surface area contributed by atoms with Gasteiger partial charge < -0.3 is 5.32 Å². The van der Waals surface area contributed by atoms with E-state index in [1.807, 2.05) is 36.4 Å². The van der Waals surface area contributed by atoms with Gasteiger partial charge in [-0.15, -0.1) is 0 Å². The van der Waals surface area contributed by atoms with Crippen molar-refractivity contribution in [2.75, 3.05) is 5.32 Å². The quantitative estimate of drug-likeness (QED) is 0.510. The van der Waals surface area contributed by atoms with Crippen LogP contribution in [0.1, 0.15) is 10.4 Å². The molecule has 3 rings (SSSR count). The first-order valence-corrected chi connectivity index (χ1v) is 11.4. The molecule has 0 unspecified atom stereocenters. The van der Waals surface area contributed by atoms with E-state index in [-0.39, 0.29) is 10.5 Å². The van der Waals surface area contributed by atoms with E-state index in [0.29, 0.717) is 15.2 Å². The average molecular weight is 498 g/mol. The van der Waals surface area contributed by atoms with E-state index < -0.39 is 15.9 Å². The molecule has 0 radical (unpaired) electrons. The normalized spacial score (nSPS) is 11.2. The largest absolute Gasteiger partial charge is 0.322 e. The van der Waals surface area contributed by atoms with Gasteiger partial charge in [0.25, 0.3) is 5.91 Å². The maximum absolute atomic E-state index is 12.5. The molecule has 9 heteroatoms. The number of nitrogens with two attached hydrogens (primary N) is 1. The lowest BCUT2D eigenvalue weighted by Crippen LogP contribution is -2.16. The minimum atomic E-state index is -3.90. The molecule has 0 bridgehead atoms. The number of amides is 1. The number of primary sulfonamides is 1. The fraction of sp³-hybridized carbons (Fsp3) is 0. The molecule has 1 amide bonds. The zero-order valence-corrected chi connectivity index (χ0v) is 18.2. The smallest absolute Gasteiger partial charge is 0.256 e. The van der Waals surface area contributed by atoms with Gasteiger partial charge >= 0.3 is 0 Å². The van der Waals surface area contributed by atoms with Crippen LogP contribution in [-0.2, 0) is 10.0 Å². The number of sulfonamides is 1. The number of anilines is 1. The van der Waals surface area contributed by atoms with Crippen molar-refractivity contribution >= 4 is 60.9 Å². The van der Waals surface area contributed by atoms with Gasteiger partial charge in [0.15, 0.2) is 0 Å². The summed E-state index contributed by atoms with van der Waals surface area (Å²) >= 11 is 10.9. The number of carbonyl (C=O) groups is 1. The van der Waals surface area contributed by atoms with E-state index in [4.69, 9.17) is 16.7 Å². The molecule has 0 atom stereocenters. The highest BCUT2D eigenvalue weighted by Crippen LogP contribution is 2.33. The van der Waals surface area contributed by atoms with Crippen molar-refractivity contribution in [3.63, 3.8) is 0 Å². The summed E-state index contributed by atoms with van der Waals surface area (Å²) in [5, 5.41) is 8.54. The molecule has 3 aromatic rings. The van der Waals surface area contributed by atoms with Crippen LogP contribution >= 0.6 is 39.3 Å². The van der Waals surface area contributed by atoms with Gasteiger partial charge in [0.05, 0.1) is 15.5 Å². The number of benzene rings is 3. The molecule has 0 aliphatic heterocycles. The van der Waals surface area contributed by atoms with Crippen LogP contribution in [0.3, 0.4) is 0 Å². The third-order valence-corrected chi connectivity index (χ3v) is 6.82. The number of halogens is 2. The van der Waals surface area contributed by atoms with Crippen LogP contribution in [0.5, 0.6) is 0 Å². The molecule has 0 saturated heterocycles. The summed E-state index contributed by atoms with van der Waals surface area (Å²) in [6, 6.07) is 18.8. The Morgan fingerprint density at radius 1 is 1.04 bits per heavy atom. The predicted octanol–water partition coefficient (Wildman–Crippen LogP) is 5.15. The Morgan fingerprint density at radius 2 is 1.71 bits per heavy atom. The van der Waals surface area contributed by atoms with Crippen LogP contribution in [0.15, 0.2) is 85.9 Å². The molecule has 0 heterocycles. The topological polar surface area (TPSA) is 89.3 Å². The second-order valence-electron chi connectivity index (χ2n) is 5.70.